The molecule has 0 amide bonds. The van der Waals surface area contributed by atoms with Crippen LogP contribution in [0.1, 0.15) is 31.0 Å². The van der Waals surface area contributed by atoms with Crippen LogP contribution in [-0.4, -0.2) is 13.2 Å². The predicted octanol–water partition coefficient (Wildman–Crippen LogP) is 4.58. The van der Waals surface area contributed by atoms with Crippen molar-refractivity contribution in [1.82, 2.24) is 5.32 Å². The SMILES string of the molecule is CCNC(c1ccc(Cl)c(F)c1)c1ccccc1OCC. The van der Waals surface area contributed by atoms with Crippen LogP contribution in [0.2, 0.25) is 5.02 Å². The minimum Gasteiger partial charge on any atom is -0.494 e. The fraction of sp³-hybridized carbons (Fsp3) is 0.294. The molecule has 0 aliphatic rings. The largest absolute Gasteiger partial charge is 0.494 e. The molecule has 0 fully saturated rings. The monoisotopic (exact) mass is 307 g/mol. The van der Waals surface area contributed by atoms with E-state index in [1.54, 1.807) is 6.07 Å². The third-order valence-electron chi connectivity index (χ3n) is 3.22. The maximum Gasteiger partial charge on any atom is 0.142 e. The van der Waals surface area contributed by atoms with Crippen molar-refractivity contribution in [2.75, 3.05) is 13.2 Å². The summed E-state index contributed by atoms with van der Waals surface area (Å²) in [6, 6.07) is 12.6. The lowest BCUT2D eigenvalue weighted by atomic mass is 9.97. The number of nitrogens with one attached hydrogen (secondary N) is 1. The number of benzene rings is 2. The van der Waals surface area contributed by atoms with Gasteiger partial charge in [0.15, 0.2) is 0 Å². The molecule has 0 aliphatic heterocycles. The molecule has 0 radical (unpaired) electrons. The summed E-state index contributed by atoms with van der Waals surface area (Å²) in [5.74, 6) is 0.396. The van der Waals surface area contributed by atoms with Crippen LogP contribution in [0, 0.1) is 5.82 Å². The Hall–Kier alpha value is -1.58. The molecule has 112 valence electrons. The quantitative estimate of drug-likeness (QED) is 0.843. The van der Waals surface area contributed by atoms with E-state index >= 15 is 0 Å². The van der Waals surface area contributed by atoms with Crippen LogP contribution in [0.15, 0.2) is 42.5 Å². The third-order valence-corrected chi connectivity index (χ3v) is 3.52. The molecule has 0 bridgehead atoms. The van der Waals surface area contributed by atoms with Crippen LogP contribution in [0.3, 0.4) is 0 Å². The van der Waals surface area contributed by atoms with Gasteiger partial charge in [-0.15, -0.1) is 0 Å². The smallest absolute Gasteiger partial charge is 0.142 e. The van der Waals surface area contributed by atoms with E-state index in [1.807, 2.05) is 44.2 Å². The van der Waals surface area contributed by atoms with Gasteiger partial charge in [0.2, 0.25) is 0 Å². The standard InChI is InChI=1S/C17H19ClFNO/c1-3-20-17(12-9-10-14(18)15(19)11-12)13-7-5-6-8-16(13)21-4-2/h5-11,17,20H,3-4H2,1-2H3. The maximum atomic E-state index is 13.8. The Morgan fingerprint density at radius 1 is 1.19 bits per heavy atom. The normalized spacial score (nSPS) is 12.2. The fourth-order valence-corrected chi connectivity index (χ4v) is 2.43. The highest BCUT2D eigenvalue weighted by atomic mass is 35.5. The Labute approximate surface area is 129 Å². The first-order chi connectivity index (χ1) is 10.2. The fourth-order valence-electron chi connectivity index (χ4n) is 2.31. The average Bonchev–Trinajstić information content (AvgIpc) is 2.49. The molecule has 0 saturated heterocycles. The van der Waals surface area contributed by atoms with E-state index in [0.717, 1.165) is 23.4 Å². The van der Waals surface area contributed by atoms with Crippen LogP contribution < -0.4 is 10.1 Å². The van der Waals surface area contributed by atoms with Gasteiger partial charge in [0.1, 0.15) is 11.6 Å². The molecular weight excluding hydrogens is 289 g/mol. The lowest BCUT2D eigenvalue weighted by Crippen LogP contribution is -2.22. The second kappa shape index (κ2) is 7.43. The van der Waals surface area contributed by atoms with Gasteiger partial charge >= 0.3 is 0 Å². The van der Waals surface area contributed by atoms with Crippen LogP contribution in [-0.2, 0) is 0 Å². The molecule has 1 N–H and O–H groups in total. The van der Waals surface area contributed by atoms with Gasteiger partial charge in [-0.2, -0.15) is 0 Å². The Morgan fingerprint density at radius 3 is 2.62 bits per heavy atom. The van der Waals surface area contributed by atoms with Crippen molar-refractivity contribution in [2.45, 2.75) is 19.9 Å². The molecule has 1 atom stereocenters. The summed E-state index contributed by atoms with van der Waals surface area (Å²) in [5.41, 5.74) is 1.81. The molecule has 21 heavy (non-hydrogen) atoms. The van der Waals surface area contributed by atoms with Crippen molar-refractivity contribution in [3.8, 4) is 5.75 Å². The zero-order valence-electron chi connectivity index (χ0n) is 12.2. The van der Waals surface area contributed by atoms with Crippen LogP contribution in [0.4, 0.5) is 4.39 Å². The highest BCUT2D eigenvalue weighted by Crippen LogP contribution is 2.31. The van der Waals surface area contributed by atoms with Crippen LogP contribution >= 0.6 is 11.6 Å². The van der Waals surface area contributed by atoms with E-state index in [4.69, 9.17) is 16.3 Å². The van der Waals surface area contributed by atoms with Crippen molar-refractivity contribution in [1.29, 1.82) is 0 Å². The number of para-hydroxylation sites is 1. The van der Waals surface area contributed by atoms with Gasteiger partial charge < -0.3 is 10.1 Å². The van der Waals surface area contributed by atoms with Gasteiger partial charge in [0, 0.05) is 5.56 Å². The minimum absolute atomic E-state index is 0.132. The van der Waals surface area contributed by atoms with Gasteiger partial charge in [-0.05, 0) is 37.2 Å². The van der Waals surface area contributed by atoms with E-state index in [0.29, 0.717) is 6.61 Å². The summed E-state index contributed by atoms with van der Waals surface area (Å²) in [6.45, 7) is 5.31. The van der Waals surface area contributed by atoms with E-state index in [9.17, 15) is 4.39 Å². The number of rotatable bonds is 6. The van der Waals surface area contributed by atoms with Gasteiger partial charge in [-0.1, -0.05) is 42.8 Å². The summed E-state index contributed by atoms with van der Waals surface area (Å²) in [4.78, 5) is 0. The minimum atomic E-state index is -0.411. The second-order valence-corrected chi connectivity index (χ2v) is 5.04. The molecule has 0 saturated carbocycles. The van der Waals surface area contributed by atoms with E-state index in [1.165, 1.54) is 6.07 Å². The molecule has 0 aliphatic carbocycles. The highest BCUT2D eigenvalue weighted by molar-refractivity contribution is 6.30. The van der Waals surface area contributed by atoms with E-state index in [2.05, 4.69) is 5.32 Å². The van der Waals surface area contributed by atoms with Crippen molar-refractivity contribution < 1.29 is 9.13 Å². The van der Waals surface area contributed by atoms with E-state index in [-0.39, 0.29) is 11.1 Å². The summed E-state index contributed by atoms with van der Waals surface area (Å²) in [5, 5.41) is 3.50. The Bertz CT molecular complexity index is 603. The zero-order valence-corrected chi connectivity index (χ0v) is 13.0. The summed E-state index contributed by atoms with van der Waals surface area (Å²) < 4.78 is 19.4. The number of hydrogen-bond acceptors (Lipinski definition) is 2. The van der Waals surface area contributed by atoms with Gasteiger partial charge in [-0.3, -0.25) is 0 Å². The molecular formula is C17H19ClFNO. The van der Waals surface area contributed by atoms with Crippen molar-refractivity contribution in [2.24, 2.45) is 0 Å². The van der Waals surface area contributed by atoms with Gasteiger partial charge in [0.05, 0.1) is 17.7 Å². The maximum absolute atomic E-state index is 13.8. The topological polar surface area (TPSA) is 21.3 Å². The second-order valence-electron chi connectivity index (χ2n) is 4.64. The molecule has 2 aromatic rings. The van der Waals surface area contributed by atoms with Crippen molar-refractivity contribution in [3.63, 3.8) is 0 Å². The summed E-state index contributed by atoms with van der Waals surface area (Å²) in [6.07, 6.45) is 0. The Kier molecular flexibility index (Phi) is 5.59. The Balaban J connectivity index is 2.45. The first-order valence-corrected chi connectivity index (χ1v) is 7.45. The molecule has 2 nitrogen and oxygen atoms in total. The molecule has 0 heterocycles. The lowest BCUT2D eigenvalue weighted by molar-refractivity contribution is 0.333. The first kappa shape index (κ1) is 15.8. The first-order valence-electron chi connectivity index (χ1n) is 7.07. The highest BCUT2D eigenvalue weighted by Gasteiger charge is 2.18. The molecule has 2 rings (SSSR count). The van der Waals surface area contributed by atoms with Crippen molar-refractivity contribution >= 4 is 11.6 Å². The average molecular weight is 308 g/mol. The van der Waals surface area contributed by atoms with Gasteiger partial charge in [-0.25, -0.2) is 4.39 Å². The Morgan fingerprint density at radius 2 is 1.95 bits per heavy atom. The van der Waals surface area contributed by atoms with Crippen molar-refractivity contribution in [3.05, 3.63) is 64.4 Å². The molecule has 1 unspecified atom stereocenters. The lowest BCUT2D eigenvalue weighted by Gasteiger charge is -2.22. The molecule has 2 aromatic carbocycles. The predicted molar refractivity (Wildman–Crippen MR) is 84.5 cm³/mol. The number of halogens is 2. The molecule has 0 spiro atoms. The number of ether oxygens (including phenoxy) is 1. The van der Waals surface area contributed by atoms with Crippen LogP contribution in [0.25, 0.3) is 0 Å². The zero-order chi connectivity index (χ0) is 15.2. The van der Waals surface area contributed by atoms with Gasteiger partial charge in [0.25, 0.3) is 0 Å². The van der Waals surface area contributed by atoms with E-state index < -0.39 is 5.82 Å². The third kappa shape index (κ3) is 3.74. The summed E-state index contributed by atoms with van der Waals surface area (Å²) >= 11 is 5.77. The van der Waals surface area contributed by atoms with Crippen LogP contribution in [0.5, 0.6) is 5.75 Å². The molecule has 0 aromatic heterocycles. The number of hydrogen-bond donors (Lipinski definition) is 1. The summed E-state index contributed by atoms with van der Waals surface area (Å²) in [7, 11) is 0. The molecule has 4 heteroatoms.